The first-order valence-electron chi connectivity index (χ1n) is 3.53. The van der Waals surface area contributed by atoms with E-state index in [1.165, 1.54) is 19.1 Å². The lowest BCUT2D eigenvalue weighted by Gasteiger charge is -2.02. The average Bonchev–Trinajstić information content (AvgIpc) is 2.03. The fraction of sp³-hybridized carbons (Fsp3) is 0.111. The molecule has 0 atom stereocenters. The molecule has 0 aliphatic heterocycles. The van der Waals surface area contributed by atoms with E-state index in [4.69, 9.17) is 23.2 Å². The molecule has 0 radical (unpaired) electrons. The van der Waals surface area contributed by atoms with E-state index in [-0.39, 0.29) is 15.6 Å². The van der Waals surface area contributed by atoms with Gasteiger partial charge >= 0.3 is 0 Å². The Balaban J connectivity index is 3.28. The van der Waals surface area contributed by atoms with Crippen molar-refractivity contribution in [1.82, 2.24) is 0 Å². The summed E-state index contributed by atoms with van der Waals surface area (Å²) in [6.07, 6.45) is 0. The molecule has 0 bridgehead atoms. The van der Waals surface area contributed by atoms with Crippen LogP contribution in [-0.4, -0.2) is 11.6 Å². The quantitative estimate of drug-likeness (QED) is 0.563. The lowest BCUT2D eigenvalue weighted by Crippen LogP contribution is -2.10. The Labute approximate surface area is 85.5 Å². The van der Waals surface area contributed by atoms with E-state index < -0.39 is 11.6 Å². The number of ketones is 2. The van der Waals surface area contributed by atoms with Gasteiger partial charge in [-0.05, 0) is 12.1 Å². The van der Waals surface area contributed by atoms with Crippen LogP contribution >= 0.6 is 23.2 Å². The Morgan fingerprint density at radius 3 is 2.00 bits per heavy atom. The Morgan fingerprint density at radius 2 is 1.62 bits per heavy atom. The maximum atomic E-state index is 11.3. The van der Waals surface area contributed by atoms with Gasteiger partial charge in [0.2, 0.25) is 5.78 Å². The van der Waals surface area contributed by atoms with Crippen LogP contribution in [0.3, 0.4) is 0 Å². The SMILES string of the molecule is CC(=O)C(=O)c1c(Cl)cccc1Cl. The molecule has 2 nitrogen and oxygen atoms in total. The standard InChI is InChI=1S/C9H6Cl2O2/c1-5(12)9(13)8-6(10)3-2-4-7(8)11/h2-4H,1H3. The van der Waals surface area contributed by atoms with Gasteiger partial charge in [-0.3, -0.25) is 9.59 Å². The molecule has 0 unspecified atom stereocenters. The van der Waals surface area contributed by atoms with Gasteiger partial charge < -0.3 is 0 Å². The topological polar surface area (TPSA) is 34.1 Å². The molecular formula is C9H6Cl2O2. The van der Waals surface area contributed by atoms with Gasteiger partial charge in [0.05, 0.1) is 15.6 Å². The summed E-state index contributed by atoms with van der Waals surface area (Å²) in [4.78, 5) is 22.0. The van der Waals surface area contributed by atoms with Gasteiger partial charge in [0, 0.05) is 6.92 Å². The zero-order chi connectivity index (χ0) is 10.0. The molecular weight excluding hydrogens is 211 g/mol. The molecule has 68 valence electrons. The zero-order valence-corrected chi connectivity index (χ0v) is 8.32. The molecule has 0 spiro atoms. The monoisotopic (exact) mass is 216 g/mol. The predicted octanol–water partition coefficient (Wildman–Crippen LogP) is 2.77. The minimum atomic E-state index is -0.657. The van der Waals surface area contributed by atoms with E-state index in [9.17, 15) is 9.59 Å². The largest absolute Gasteiger partial charge is 0.291 e. The Bertz CT molecular complexity index is 352. The fourth-order valence-electron chi connectivity index (χ4n) is 0.891. The summed E-state index contributed by atoms with van der Waals surface area (Å²) in [7, 11) is 0. The highest BCUT2D eigenvalue weighted by Gasteiger charge is 2.17. The van der Waals surface area contributed by atoms with Crippen LogP contribution in [0.15, 0.2) is 18.2 Å². The molecule has 0 heterocycles. The van der Waals surface area contributed by atoms with Crippen molar-refractivity contribution in [2.45, 2.75) is 6.92 Å². The van der Waals surface area contributed by atoms with E-state index in [0.29, 0.717) is 0 Å². The maximum absolute atomic E-state index is 11.3. The molecule has 0 saturated carbocycles. The molecule has 0 aliphatic carbocycles. The first-order chi connectivity index (χ1) is 6.04. The third-order valence-electron chi connectivity index (χ3n) is 1.51. The highest BCUT2D eigenvalue weighted by atomic mass is 35.5. The van der Waals surface area contributed by atoms with Gasteiger partial charge in [-0.2, -0.15) is 0 Å². The van der Waals surface area contributed by atoms with Crippen LogP contribution in [0.4, 0.5) is 0 Å². The Kier molecular flexibility index (Phi) is 3.07. The summed E-state index contributed by atoms with van der Waals surface area (Å²) >= 11 is 11.4. The van der Waals surface area contributed by atoms with Crippen molar-refractivity contribution in [1.29, 1.82) is 0 Å². The van der Waals surface area contributed by atoms with Gasteiger partial charge in [0.25, 0.3) is 0 Å². The van der Waals surface area contributed by atoms with Gasteiger partial charge in [-0.25, -0.2) is 0 Å². The van der Waals surface area contributed by atoms with Crippen LogP contribution in [0.2, 0.25) is 10.0 Å². The molecule has 0 fully saturated rings. The highest BCUT2D eigenvalue weighted by molar-refractivity contribution is 6.50. The first-order valence-corrected chi connectivity index (χ1v) is 4.29. The number of Topliss-reactive ketones (excluding diaryl/α,β-unsaturated/α-hetero) is 2. The summed E-state index contributed by atoms with van der Waals surface area (Å²) in [5.41, 5.74) is 0.0818. The van der Waals surface area contributed by atoms with E-state index >= 15 is 0 Å². The number of benzene rings is 1. The maximum Gasteiger partial charge on any atom is 0.231 e. The Hall–Kier alpha value is -0.860. The van der Waals surface area contributed by atoms with Crippen LogP contribution in [0.1, 0.15) is 17.3 Å². The number of hydrogen-bond donors (Lipinski definition) is 0. The van der Waals surface area contributed by atoms with Crippen molar-refractivity contribution in [2.24, 2.45) is 0 Å². The normalized spacial score (nSPS) is 9.77. The molecule has 1 aromatic carbocycles. The third kappa shape index (κ3) is 2.08. The van der Waals surface area contributed by atoms with Crippen LogP contribution in [0.5, 0.6) is 0 Å². The number of hydrogen-bond acceptors (Lipinski definition) is 2. The minimum absolute atomic E-state index is 0.0818. The molecule has 0 N–H and O–H groups in total. The van der Waals surface area contributed by atoms with Crippen LogP contribution in [-0.2, 0) is 4.79 Å². The number of carbonyl (C=O) groups excluding carboxylic acids is 2. The van der Waals surface area contributed by atoms with Gasteiger partial charge in [0.1, 0.15) is 0 Å². The summed E-state index contributed by atoms with van der Waals surface area (Å²) in [5, 5.41) is 0.403. The average molecular weight is 217 g/mol. The zero-order valence-electron chi connectivity index (χ0n) is 6.80. The molecule has 0 aliphatic rings. The number of rotatable bonds is 2. The lowest BCUT2D eigenvalue weighted by molar-refractivity contribution is -0.113. The van der Waals surface area contributed by atoms with Crippen LogP contribution < -0.4 is 0 Å². The minimum Gasteiger partial charge on any atom is -0.291 e. The Morgan fingerprint density at radius 1 is 1.15 bits per heavy atom. The summed E-state index contributed by atoms with van der Waals surface area (Å²) < 4.78 is 0. The smallest absolute Gasteiger partial charge is 0.231 e. The van der Waals surface area contributed by atoms with E-state index in [1.807, 2.05) is 0 Å². The predicted molar refractivity (Wildman–Crippen MR) is 51.5 cm³/mol. The summed E-state index contributed by atoms with van der Waals surface area (Å²) in [5.74, 6) is -1.23. The van der Waals surface area contributed by atoms with Crippen molar-refractivity contribution in [3.05, 3.63) is 33.8 Å². The number of halogens is 2. The van der Waals surface area contributed by atoms with Crippen molar-refractivity contribution in [3.63, 3.8) is 0 Å². The van der Waals surface area contributed by atoms with E-state index in [2.05, 4.69) is 0 Å². The van der Waals surface area contributed by atoms with Crippen molar-refractivity contribution < 1.29 is 9.59 Å². The van der Waals surface area contributed by atoms with Crippen molar-refractivity contribution in [3.8, 4) is 0 Å². The molecule has 1 rings (SSSR count). The third-order valence-corrected chi connectivity index (χ3v) is 2.14. The fourth-order valence-corrected chi connectivity index (χ4v) is 1.46. The summed E-state index contributed by atoms with van der Waals surface area (Å²) in [6, 6.07) is 4.65. The van der Waals surface area contributed by atoms with E-state index in [1.54, 1.807) is 6.07 Å². The molecule has 4 heteroatoms. The molecule has 0 saturated heterocycles. The van der Waals surface area contributed by atoms with Crippen LogP contribution in [0, 0.1) is 0 Å². The molecule has 0 aromatic heterocycles. The first kappa shape index (κ1) is 10.2. The molecule has 0 amide bonds. The molecule has 1 aromatic rings. The van der Waals surface area contributed by atoms with Gasteiger partial charge in [-0.1, -0.05) is 29.3 Å². The second-order valence-electron chi connectivity index (χ2n) is 2.48. The lowest BCUT2D eigenvalue weighted by atomic mass is 10.1. The van der Waals surface area contributed by atoms with Crippen molar-refractivity contribution >= 4 is 34.8 Å². The van der Waals surface area contributed by atoms with Crippen molar-refractivity contribution in [2.75, 3.05) is 0 Å². The second kappa shape index (κ2) is 3.90. The molecule has 13 heavy (non-hydrogen) atoms. The highest BCUT2D eigenvalue weighted by Crippen LogP contribution is 2.24. The second-order valence-corrected chi connectivity index (χ2v) is 3.30. The summed E-state index contributed by atoms with van der Waals surface area (Å²) in [6.45, 7) is 1.18. The van der Waals surface area contributed by atoms with Gasteiger partial charge in [-0.15, -0.1) is 0 Å². The van der Waals surface area contributed by atoms with E-state index in [0.717, 1.165) is 0 Å². The van der Waals surface area contributed by atoms with Crippen LogP contribution in [0.25, 0.3) is 0 Å². The van der Waals surface area contributed by atoms with Gasteiger partial charge in [0.15, 0.2) is 5.78 Å². The number of carbonyl (C=O) groups is 2.